The Morgan fingerprint density at radius 3 is 2.64 bits per heavy atom. The smallest absolute Gasteiger partial charge is 0.0910 e. The molecule has 0 aromatic heterocycles. The van der Waals surface area contributed by atoms with Crippen molar-refractivity contribution in [3.63, 3.8) is 0 Å². The zero-order chi connectivity index (χ0) is 8.48. The first-order chi connectivity index (χ1) is 5.02. The molecule has 1 rings (SSSR count). The molecule has 0 aliphatic carbocycles. The van der Waals surface area contributed by atoms with Gasteiger partial charge in [0.2, 0.25) is 0 Å². The molecular weight excluding hydrogens is 140 g/mol. The van der Waals surface area contributed by atoms with E-state index in [1.807, 2.05) is 6.92 Å². The molecule has 1 heterocycles. The lowest BCUT2D eigenvalue weighted by atomic mass is 10.00. The fraction of sp³-hybridized carbons (Fsp3) is 0.875. The second-order valence-corrected chi connectivity index (χ2v) is 3.53. The van der Waals surface area contributed by atoms with Gasteiger partial charge in [-0.25, -0.2) is 0 Å². The summed E-state index contributed by atoms with van der Waals surface area (Å²) in [6.45, 7) is 6.72. The van der Waals surface area contributed by atoms with Crippen molar-refractivity contribution in [2.24, 2.45) is 10.7 Å². The van der Waals surface area contributed by atoms with E-state index in [1.54, 1.807) is 0 Å². The lowest BCUT2D eigenvalue weighted by Crippen LogP contribution is -2.32. The molecule has 1 atom stereocenters. The van der Waals surface area contributed by atoms with Crippen molar-refractivity contribution in [2.75, 3.05) is 6.61 Å². The predicted molar refractivity (Wildman–Crippen MR) is 45.7 cm³/mol. The van der Waals surface area contributed by atoms with Gasteiger partial charge in [0.05, 0.1) is 17.5 Å². The van der Waals surface area contributed by atoms with Gasteiger partial charge in [0.15, 0.2) is 0 Å². The van der Waals surface area contributed by atoms with Crippen molar-refractivity contribution in [3.05, 3.63) is 0 Å². The van der Waals surface area contributed by atoms with E-state index in [2.05, 4.69) is 18.8 Å². The van der Waals surface area contributed by atoms with Crippen LogP contribution in [0.1, 0.15) is 27.2 Å². The van der Waals surface area contributed by atoms with Crippen LogP contribution in [0.15, 0.2) is 4.99 Å². The van der Waals surface area contributed by atoms with E-state index >= 15 is 0 Å². The van der Waals surface area contributed by atoms with Crippen molar-refractivity contribution in [1.29, 1.82) is 0 Å². The van der Waals surface area contributed by atoms with Gasteiger partial charge in [0.1, 0.15) is 0 Å². The molecule has 1 saturated heterocycles. The maximum atomic E-state index is 5.49. The summed E-state index contributed by atoms with van der Waals surface area (Å²) in [5.74, 6) is 0.647. The van der Waals surface area contributed by atoms with Gasteiger partial charge in [-0.1, -0.05) is 0 Å². The first-order valence-corrected chi connectivity index (χ1v) is 3.96. The standard InChI is InChI=1S/C8H16N2O/c1-6(9)10-7-4-5-11-8(7,2)3/h7H,4-5H2,1-3H3,(H2,9,10). The maximum absolute atomic E-state index is 5.49. The number of hydrogen-bond acceptors (Lipinski definition) is 2. The van der Waals surface area contributed by atoms with Crippen LogP contribution in [0, 0.1) is 0 Å². The van der Waals surface area contributed by atoms with Crippen LogP contribution in [-0.2, 0) is 4.74 Å². The summed E-state index contributed by atoms with van der Waals surface area (Å²) in [4.78, 5) is 4.30. The highest BCUT2D eigenvalue weighted by atomic mass is 16.5. The molecule has 1 unspecified atom stereocenters. The van der Waals surface area contributed by atoms with Crippen LogP contribution in [0.4, 0.5) is 0 Å². The maximum Gasteiger partial charge on any atom is 0.0910 e. The Hall–Kier alpha value is -0.570. The van der Waals surface area contributed by atoms with Gasteiger partial charge in [-0.3, -0.25) is 4.99 Å². The molecule has 0 spiro atoms. The summed E-state index contributed by atoms with van der Waals surface area (Å²) in [6.07, 6.45) is 0.988. The highest BCUT2D eigenvalue weighted by Gasteiger charge is 2.35. The summed E-state index contributed by atoms with van der Waals surface area (Å²) >= 11 is 0. The molecule has 1 aliphatic heterocycles. The van der Waals surface area contributed by atoms with Crippen LogP contribution in [-0.4, -0.2) is 24.1 Å². The minimum absolute atomic E-state index is 0.124. The Morgan fingerprint density at radius 2 is 2.27 bits per heavy atom. The van der Waals surface area contributed by atoms with E-state index in [1.165, 1.54) is 0 Å². The molecule has 0 aromatic rings. The minimum Gasteiger partial charge on any atom is -0.388 e. The molecule has 2 N–H and O–H groups in total. The van der Waals surface area contributed by atoms with Gasteiger partial charge in [-0.15, -0.1) is 0 Å². The molecule has 0 amide bonds. The Labute approximate surface area is 67.6 Å². The monoisotopic (exact) mass is 156 g/mol. The van der Waals surface area contributed by atoms with E-state index in [-0.39, 0.29) is 11.6 Å². The van der Waals surface area contributed by atoms with Gasteiger partial charge in [-0.2, -0.15) is 0 Å². The van der Waals surface area contributed by atoms with E-state index in [4.69, 9.17) is 10.5 Å². The van der Waals surface area contributed by atoms with Crippen LogP contribution < -0.4 is 5.73 Å². The van der Waals surface area contributed by atoms with Crippen LogP contribution in [0.25, 0.3) is 0 Å². The van der Waals surface area contributed by atoms with Crippen molar-refractivity contribution in [3.8, 4) is 0 Å². The zero-order valence-electron chi connectivity index (χ0n) is 7.42. The van der Waals surface area contributed by atoms with Gasteiger partial charge < -0.3 is 10.5 Å². The third kappa shape index (κ3) is 1.93. The summed E-state index contributed by atoms with van der Waals surface area (Å²) < 4.78 is 5.49. The fourth-order valence-electron chi connectivity index (χ4n) is 1.34. The van der Waals surface area contributed by atoms with Gasteiger partial charge in [-0.05, 0) is 27.2 Å². The van der Waals surface area contributed by atoms with Gasteiger partial charge >= 0.3 is 0 Å². The molecule has 0 saturated carbocycles. The third-order valence-electron chi connectivity index (χ3n) is 2.03. The Morgan fingerprint density at radius 1 is 1.64 bits per heavy atom. The Balaban J connectivity index is 2.66. The van der Waals surface area contributed by atoms with Crippen molar-refractivity contribution in [1.82, 2.24) is 0 Å². The van der Waals surface area contributed by atoms with Crippen molar-refractivity contribution < 1.29 is 4.74 Å². The molecule has 3 heteroatoms. The molecule has 3 nitrogen and oxygen atoms in total. The molecule has 1 fully saturated rings. The Bertz CT molecular complexity index is 171. The quantitative estimate of drug-likeness (QED) is 0.453. The molecule has 64 valence electrons. The van der Waals surface area contributed by atoms with E-state index in [0.717, 1.165) is 13.0 Å². The third-order valence-corrected chi connectivity index (χ3v) is 2.03. The number of rotatable bonds is 1. The zero-order valence-corrected chi connectivity index (χ0v) is 7.42. The van der Waals surface area contributed by atoms with Gasteiger partial charge in [0, 0.05) is 6.61 Å². The number of amidine groups is 1. The average molecular weight is 156 g/mol. The van der Waals surface area contributed by atoms with E-state index in [9.17, 15) is 0 Å². The Kier molecular flexibility index (Phi) is 2.18. The summed E-state index contributed by atoms with van der Waals surface area (Å²) in [7, 11) is 0. The fourth-order valence-corrected chi connectivity index (χ4v) is 1.34. The lowest BCUT2D eigenvalue weighted by Gasteiger charge is -2.22. The highest BCUT2D eigenvalue weighted by Crippen LogP contribution is 2.27. The first kappa shape index (κ1) is 8.53. The molecule has 0 radical (unpaired) electrons. The molecule has 0 aromatic carbocycles. The lowest BCUT2D eigenvalue weighted by molar-refractivity contribution is 0.0287. The predicted octanol–water partition coefficient (Wildman–Crippen LogP) is 0.931. The number of hydrogen-bond donors (Lipinski definition) is 1. The number of nitrogens with two attached hydrogens (primary N) is 1. The summed E-state index contributed by atoms with van der Waals surface area (Å²) in [5.41, 5.74) is 5.36. The van der Waals surface area contributed by atoms with Crippen LogP contribution in [0.2, 0.25) is 0 Å². The normalized spacial score (nSPS) is 30.8. The first-order valence-electron chi connectivity index (χ1n) is 3.96. The minimum atomic E-state index is -0.124. The molecule has 1 aliphatic rings. The van der Waals surface area contributed by atoms with Crippen molar-refractivity contribution in [2.45, 2.75) is 38.8 Å². The second-order valence-electron chi connectivity index (χ2n) is 3.53. The molecular formula is C8H16N2O. The summed E-state index contributed by atoms with van der Waals surface area (Å²) in [6, 6.07) is 0.243. The number of ether oxygens (including phenoxy) is 1. The average Bonchev–Trinajstić information content (AvgIpc) is 2.10. The number of nitrogens with zero attached hydrogens (tertiary/aromatic N) is 1. The highest BCUT2D eigenvalue weighted by molar-refractivity contribution is 5.77. The molecule has 0 bridgehead atoms. The van der Waals surface area contributed by atoms with Crippen LogP contribution in [0.5, 0.6) is 0 Å². The summed E-state index contributed by atoms with van der Waals surface area (Å²) in [5, 5.41) is 0. The molecule has 11 heavy (non-hydrogen) atoms. The topological polar surface area (TPSA) is 47.6 Å². The van der Waals surface area contributed by atoms with E-state index in [0.29, 0.717) is 5.84 Å². The SMILES string of the molecule is CC(N)=NC1CCOC1(C)C. The number of aliphatic imine (C=N–C) groups is 1. The second kappa shape index (κ2) is 2.81. The van der Waals surface area contributed by atoms with Crippen LogP contribution >= 0.6 is 0 Å². The van der Waals surface area contributed by atoms with Gasteiger partial charge in [0.25, 0.3) is 0 Å². The van der Waals surface area contributed by atoms with Crippen LogP contribution in [0.3, 0.4) is 0 Å². The van der Waals surface area contributed by atoms with Crippen molar-refractivity contribution >= 4 is 5.84 Å². The largest absolute Gasteiger partial charge is 0.388 e. The van der Waals surface area contributed by atoms with E-state index < -0.39 is 0 Å².